The van der Waals surface area contributed by atoms with Crippen molar-refractivity contribution in [2.75, 3.05) is 39.7 Å². The van der Waals surface area contributed by atoms with Crippen LogP contribution in [0.5, 0.6) is 11.5 Å². The number of thiocarbonyl (C=S) groups is 1. The molecule has 1 N–H and O–H groups in total. The van der Waals surface area contributed by atoms with Gasteiger partial charge in [-0.3, -0.25) is 0 Å². The number of hydrogen-bond donors (Lipinski definition) is 1. The Labute approximate surface area is 183 Å². The minimum absolute atomic E-state index is 0.366. The lowest BCUT2D eigenvalue weighted by atomic mass is 10.0. The van der Waals surface area contributed by atoms with Crippen molar-refractivity contribution in [1.82, 2.24) is 9.80 Å². The first kappa shape index (κ1) is 21.7. The highest BCUT2D eigenvalue weighted by atomic mass is 35.5. The van der Waals surface area contributed by atoms with E-state index in [1.165, 1.54) is 0 Å². The summed E-state index contributed by atoms with van der Waals surface area (Å²) in [5.74, 6) is 1.52. The first-order chi connectivity index (χ1) is 14.0. The van der Waals surface area contributed by atoms with E-state index >= 15 is 0 Å². The molecule has 0 spiro atoms. The van der Waals surface area contributed by atoms with Crippen LogP contribution >= 0.6 is 23.8 Å². The molecule has 0 aromatic heterocycles. The maximum Gasteiger partial charge on any atom is 0.173 e. The molecule has 1 saturated heterocycles. The highest BCUT2D eigenvalue weighted by Gasteiger charge is 2.26. The monoisotopic (exact) mass is 433 g/mol. The first-order valence-electron chi connectivity index (χ1n) is 9.73. The van der Waals surface area contributed by atoms with E-state index in [4.69, 9.17) is 33.3 Å². The summed E-state index contributed by atoms with van der Waals surface area (Å²) in [5.41, 5.74) is 1.96. The van der Waals surface area contributed by atoms with Gasteiger partial charge in [0.2, 0.25) is 0 Å². The molecule has 0 atom stereocenters. The predicted molar refractivity (Wildman–Crippen MR) is 123 cm³/mol. The number of anilines is 1. The molecule has 0 bridgehead atoms. The Morgan fingerprint density at radius 2 is 1.83 bits per heavy atom. The molecule has 1 aliphatic rings. The van der Waals surface area contributed by atoms with Crippen molar-refractivity contribution in [1.29, 1.82) is 0 Å². The van der Waals surface area contributed by atoms with Crippen molar-refractivity contribution in [3.63, 3.8) is 0 Å². The number of para-hydroxylation sites is 1. The van der Waals surface area contributed by atoms with Crippen LogP contribution in [0.15, 0.2) is 42.5 Å². The van der Waals surface area contributed by atoms with Crippen LogP contribution in [0.2, 0.25) is 5.02 Å². The summed E-state index contributed by atoms with van der Waals surface area (Å²) in [5, 5.41) is 4.60. The van der Waals surface area contributed by atoms with E-state index in [1.807, 2.05) is 36.4 Å². The molecule has 0 unspecified atom stereocenters. The van der Waals surface area contributed by atoms with E-state index in [0.29, 0.717) is 28.5 Å². The third-order valence-corrected chi connectivity index (χ3v) is 5.96. The Hall–Kier alpha value is -2.02. The third kappa shape index (κ3) is 5.53. The van der Waals surface area contributed by atoms with E-state index in [2.05, 4.69) is 28.2 Å². The van der Waals surface area contributed by atoms with Crippen LogP contribution in [0.3, 0.4) is 0 Å². The molecule has 2 aromatic rings. The summed E-state index contributed by atoms with van der Waals surface area (Å²) in [4.78, 5) is 4.63. The topological polar surface area (TPSA) is 37.0 Å². The Kier molecular flexibility index (Phi) is 7.58. The summed E-state index contributed by atoms with van der Waals surface area (Å²) in [6, 6.07) is 14.1. The summed E-state index contributed by atoms with van der Waals surface area (Å²) >= 11 is 12.1. The number of hydrogen-bond acceptors (Lipinski definition) is 4. The molecule has 29 heavy (non-hydrogen) atoms. The Morgan fingerprint density at radius 1 is 1.14 bits per heavy atom. The molecule has 156 valence electrons. The first-order valence-corrected chi connectivity index (χ1v) is 10.5. The second kappa shape index (κ2) is 10.1. The van der Waals surface area contributed by atoms with Gasteiger partial charge in [0.15, 0.2) is 5.11 Å². The average molecular weight is 434 g/mol. The number of nitrogens with zero attached hydrogens (tertiary/aromatic N) is 2. The van der Waals surface area contributed by atoms with Crippen molar-refractivity contribution < 1.29 is 9.47 Å². The van der Waals surface area contributed by atoms with Gasteiger partial charge in [0, 0.05) is 23.8 Å². The van der Waals surface area contributed by atoms with Crippen LogP contribution < -0.4 is 14.8 Å². The minimum atomic E-state index is 0.366. The summed E-state index contributed by atoms with van der Waals surface area (Å²) < 4.78 is 10.8. The van der Waals surface area contributed by atoms with Crippen molar-refractivity contribution in [2.24, 2.45) is 0 Å². The second-order valence-electron chi connectivity index (χ2n) is 7.25. The standard InChI is InChI=1S/C22H28ClN3O2S/c1-25-12-10-18(11-13-25)26(15-16-6-4-5-7-20(16)27-2)22(29)24-17-8-9-21(28-3)19(23)14-17/h4-9,14,18H,10-13,15H2,1-3H3,(H,24,29). The van der Waals surface area contributed by atoms with Gasteiger partial charge in [0.25, 0.3) is 0 Å². The molecule has 7 heteroatoms. The van der Waals surface area contributed by atoms with Gasteiger partial charge < -0.3 is 24.6 Å². The molecule has 0 amide bonds. The quantitative estimate of drug-likeness (QED) is 0.668. The lowest BCUT2D eigenvalue weighted by Gasteiger charge is -2.39. The molecule has 1 fully saturated rings. The Balaban J connectivity index is 1.81. The molecule has 1 aliphatic heterocycles. The maximum absolute atomic E-state index is 6.28. The van der Waals surface area contributed by atoms with Gasteiger partial charge in [-0.1, -0.05) is 29.8 Å². The number of ether oxygens (including phenoxy) is 2. The molecular weight excluding hydrogens is 406 g/mol. The van der Waals surface area contributed by atoms with Gasteiger partial charge in [0.05, 0.1) is 19.2 Å². The molecule has 1 heterocycles. The molecule has 2 aromatic carbocycles. The minimum Gasteiger partial charge on any atom is -0.496 e. The van der Waals surface area contributed by atoms with Gasteiger partial charge in [0.1, 0.15) is 11.5 Å². The highest BCUT2D eigenvalue weighted by Crippen LogP contribution is 2.29. The van der Waals surface area contributed by atoms with E-state index in [9.17, 15) is 0 Å². The smallest absolute Gasteiger partial charge is 0.173 e. The average Bonchev–Trinajstić information content (AvgIpc) is 2.73. The number of likely N-dealkylation sites (tertiary alicyclic amines) is 1. The molecular formula is C22H28ClN3O2S. The normalized spacial score (nSPS) is 15.0. The predicted octanol–water partition coefficient (Wildman–Crippen LogP) is 4.65. The van der Waals surface area contributed by atoms with Crippen LogP contribution in [0.25, 0.3) is 0 Å². The van der Waals surface area contributed by atoms with Gasteiger partial charge in [-0.2, -0.15) is 0 Å². The maximum atomic E-state index is 6.28. The number of methoxy groups -OCH3 is 2. The van der Waals surface area contributed by atoms with Crippen molar-refractivity contribution in [3.05, 3.63) is 53.1 Å². The highest BCUT2D eigenvalue weighted by molar-refractivity contribution is 7.80. The third-order valence-electron chi connectivity index (χ3n) is 5.33. The van der Waals surface area contributed by atoms with Crippen LogP contribution in [0.4, 0.5) is 5.69 Å². The van der Waals surface area contributed by atoms with Crippen molar-refractivity contribution in [2.45, 2.75) is 25.4 Å². The largest absolute Gasteiger partial charge is 0.496 e. The van der Waals surface area contributed by atoms with Crippen LogP contribution in [0, 0.1) is 0 Å². The fourth-order valence-corrected chi connectivity index (χ4v) is 4.22. The lowest BCUT2D eigenvalue weighted by molar-refractivity contribution is 0.173. The fraction of sp³-hybridized carbons (Fsp3) is 0.409. The molecule has 0 aliphatic carbocycles. The number of benzene rings is 2. The molecule has 0 saturated carbocycles. The zero-order chi connectivity index (χ0) is 20.8. The number of rotatable bonds is 6. The van der Waals surface area contributed by atoms with Crippen LogP contribution in [0.1, 0.15) is 18.4 Å². The zero-order valence-corrected chi connectivity index (χ0v) is 18.7. The SMILES string of the molecule is COc1ccc(NC(=S)N(Cc2ccccc2OC)C2CCN(C)CC2)cc1Cl. The van der Waals surface area contributed by atoms with E-state index in [0.717, 1.165) is 42.9 Å². The Bertz CT molecular complexity index is 841. The van der Waals surface area contributed by atoms with Gasteiger partial charge in [-0.25, -0.2) is 0 Å². The van der Waals surface area contributed by atoms with Gasteiger partial charge in [-0.15, -0.1) is 0 Å². The molecule has 3 rings (SSSR count). The number of piperidine rings is 1. The van der Waals surface area contributed by atoms with Gasteiger partial charge in [-0.05, 0) is 69.5 Å². The summed E-state index contributed by atoms with van der Waals surface area (Å²) in [6.45, 7) is 2.81. The molecule has 0 radical (unpaired) electrons. The zero-order valence-electron chi connectivity index (χ0n) is 17.2. The van der Waals surface area contributed by atoms with E-state index in [1.54, 1.807) is 14.2 Å². The van der Waals surface area contributed by atoms with E-state index in [-0.39, 0.29) is 0 Å². The van der Waals surface area contributed by atoms with Crippen LogP contribution in [-0.2, 0) is 6.54 Å². The number of nitrogens with one attached hydrogen (secondary N) is 1. The van der Waals surface area contributed by atoms with E-state index < -0.39 is 0 Å². The van der Waals surface area contributed by atoms with Gasteiger partial charge >= 0.3 is 0 Å². The summed E-state index contributed by atoms with van der Waals surface area (Å²) in [7, 11) is 5.47. The van der Waals surface area contributed by atoms with Crippen LogP contribution in [-0.4, -0.2) is 55.3 Å². The summed E-state index contributed by atoms with van der Waals surface area (Å²) in [6.07, 6.45) is 2.13. The Morgan fingerprint density at radius 3 is 2.48 bits per heavy atom. The fourth-order valence-electron chi connectivity index (χ4n) is 3.63. The molecule has 5 nitrogen and oxygen atoms in total. The van der Waals surface area contributed by atoms with Crippen molar-refractivity contribution >= 4 is 34.6 Å². The number of halogens is 1. The lowest BCUT2D eigenvalue weighted by Crippen LogP contribution is -2.47. The second-order valence-corrected chi connectivity index (χ2v) is 8.05. The van der Waals surface area contributed by atoms with Crippen molar-refractivity contribution in [3.8, 4) is 11.5 Å².